The molecule has 0 aromatic carbocycles. The van der Waals surface area contributed by atoms with E-state index >= 15 is 0 Å². The lowest BCUT2D eigenvalue weighted by Gasteiger charge is -2.04. The van der Waals surface area contributed by atoms with Crippen LogP contribution in [0.2, 0.25) is 0 Å². The fourth-order valence-corrected chi connectivity index (χ4v) is 0.725. The first-order chi connectivity index (χ1) is 5.61. The quantitative estimate of drug-likeness (QED) is 0.343. The molecule has 0 spiro atoms. The average Bonchev–Trinajstić information content (AvgIpc) is 2.03. The van der Waals surface area contributed by atoms with Crippen molar-refractivity contribution < 1.29 is 14.3 Å². The normalized spacial score (nSPS) is 12.2. The molecule has 0 rings (SSSR count). The first kappa shape index (κ1) is 11.9. The van der Waals surface area contributed by atoms with Gasteiger partial charge in [-0.3, -0.25) is 9.59 Å². The van der Waals surface area contributed by atoms with Gasteiger partial charge >= 0.3 is 11.9 Å². The van der Waals surface area contributed by atoms with Crippen LogP contribution in [0.3, 0.4) is 0 Å². The number of hydrogen-bond acceptors (Lipinski definition) is 3. The van der Waals surface area contributed by atoms with E-state index in [4.69, 9.17) is 0 Å². The van der Waals surface area contributed by atoms with E-state index in [2.05, 4.69) is 4.74 Å². The number of esters is 2. The number of hydrogen-bond donors (Lipinski definition) is 0. The Bertz CT molecular complexity index is 168. The Morgan fingerprint density at radius 1 is 1.42 bits per heavy atom. The molecule has 70 valence electrons. The van der Waals surface area contributed by atoms with Crippen LogP contribution in [0.15, 0.2) is 0 Å². The fraction of sp³-hybridized carbons (Fsp3) is 0.750. The summed E-state index contributed by atoms with van der Waals surface area (Å²) in [4.78, 5) is 21.8. The topological polar surface area (TPSA) is 43.4 Å². The smallest absolute Gasteiger partial charge is 0.326 e. The second kappa shape index (κ2) is 6.39. The van der Waals surface area contributed by atoms with Crippen molar-refractivity contribution in [3.05, 3.63) is 0 Å². The molecule has 4 heteroatoms. The van der Waals surface area contributed by atoms with Crippen LogP contribution in [-0.2, 0) is 14.3 Å². The molecule has 0 amide bonds. The molecule has 0 N–H and O–H groups in total. The molecule has 0 heterocycles. The lowest BCUT2D eigenvalue weighted by atomic mass is 10.3. The Morgan fingerprint density at radius 2 is 2.00 bits per heavy atom. The molecule has 0 radical (unpaired) electrons. The van der Waals surface area contributed by atoms with Gasteiger partial charge in [0.2, 0.25) is 0 Å². The van der Waals surface area contributed by atoms with Gasteiger partial charge in [0.25, 0.3) is 0 Å². The highest BCUT2D eigenvalue weighted by atomic mass is 127. The fourth-order valence-electron chi connectivity index (χ4n) is 0.598. The summed E-state index contributed by atoms with van der Waals surface area (Å²) in [6.45, 7) is 3.75. The van der Waals surface area contributed by atoms with Crippen LogP contribution in [0.1, 0.15) is 33.1 Å². The third kappa shape index (κ3) is 4.69. The number of alkyl halides is 1. The van der Waals surface area contributed by atoms with E-state index in [-0.39, 0.29) is 3.92 Å². The van der Waals surface area contributed by atoms with E-state index in [0.717, 1.165) is 0 Å². The lowest BCUT2D eigenvalue weighted by molar-refractivity contribution is -0.159. The Kier molecular flexibility index (Phi) is 6.32. The highest BCUT2D eigenvalue weighted by Crippen LogP contribution is 2.08. The molecule has 0 aliphatic rings. The molecule has 0 saturated carbocycles. The third-order valence-corrected chi connectivity index (χ3v) is 2.67. The molecule has 0 aromatic heterocycles. The summed E-state index contributed by atoms with van der Waals surface area (Å²) < 4.78 is 4.35. The lowest BCUT2D eigenvalue weighted by Crippen LogP contribution is -2.20. The van der Waals surface area contributed by atoms with Gasteiger partial charge in [0.15, 0.2) is 0 Å². The molecule has 0 fully saturated rings. The predicted octanol–water partition coefficient (Wildman–Crippen LogP) is 2.07. The molecular formula is C8H13IO3. The van der Waals surface area contributed by atoms with Gasteiger partial charge in [-0.1, -0.05) is 36.4 Å². The average molecular weight is 284 g/mol. The highest BCUT2D eigenvalue weighted by Gasteiger charge is 2.16. The number of carbonyl (C=O) groups excluding carboxylic acids is 2. The van der Waals surface area contributed by atoms with Crippen LogP contribution < -0.4 is 0 Å². The molecule has 1 unspecified atom stereocenters. The maximum Gasteiger partial charge on any atom is 0.326 e. The van der Waals surface area contributed by atoms with Crippen LogP contribution in [0.5, 0.6) is 0 Å². The van der Waals surface area contributed by atoms with Gasteiger partial charge in [0.05, 0.1) is 0 Å². The maximum absolute atomic E-state index is 11.0. The maximum atomic E-state index is 11.0. The molecular weight excluding hydrogens is 271 g/mol. The van der Waals surface area contributed by atoms with Crippen molar-refractivity contribution in [1.82, 2.24) is 0 Å². The Labute approximate surface area is 86.0 Å². The van der Waals surface area contributed by atoms with Gasteiger partial charge in [0.1, 0.15) is 3.92 Å². The molecule has 0 saturated heterocycles. The number of ether oxygens (including phenoxy) is 1. The van der Waals surface area contributed by atoms with Gasteiger partial charge in [-0.05, 0) is 12.8 Å². The summed E-state index contributed by atoms with van der Waals surface area (Å²) >= 11 is 1.97. The molecule has 1 atom stereocenters. The van der Waals surface area contributed by atoms with E-state index < -0.39 is 11.9 Å². The summed E-state index contributed by atoms with van der Waals surface area (Å²) in [6.07, 6.45) is 1.72. The zero-order valence-electron chi connectivity index (χ0n) is 7.30. The van der Waals surface area contributed by atoms with Crippen molar-refractivity contribution in [2.24, 2.45) is 0 Å². The molecule has 0 aromatic rings. The van der Waals surface area contributed by atoms with Gasteiger partial charge < -0.3 is 4.74 Å². The van der Waals surface area contributed by atoms with Crippen molar-refractivity contribution in [2.75, 3.05) is 0 Å². The van der Waals surface area contributed by atoms with Gasteiger partial charge in [-0.15, -0.1) is 0 Å². The SMILES string of the molecule is CCCC(=O)OC(=O)C(I)CC. The summed E-state index contributed by atoms with van der Waals surface area (Å²) in [5.41, 5.74) is 0. The summed E-state index contributed by atoms with van der Waals surface area (Å²) in [5, 5.41) is 0. The van der Waals surface area contributed by atoms with Crippen LogP contribution >= 0.6 is 22.6 Å². The van der Waals surface area contributed by atoms with Gasteiger partial charge in [-0.25, -0.2) is 0 Å². The van der Waals surface area contributed by atoms with Gasteiger partial charge in [0, 0.05) is 6.42 Å². The molecule has 0 aliphatic carbocycles. The van der Waals surface area contributed by atoms with Crippen LogP contribution in [0.4, 0.5) is 0 Å². The summed E-state index contributed by atoms with van der Waals surface area (Å²) in [5.74, 6) is -0.839. The minimum atomic E-state index is -0.420. The zero-order valence-corrected chi connectivity index (χ0v) is 9.46. The number of rotatable bonds is 4. The zero-order chi connectivity index (χ0) is 9.56. The van der Waals surface area contributed by atoms with E-state index in [1.54, 1.807) is 0 Å². The Morgan fingerprint density at radius 3 is 2.42 bits per heavy atom. The van der Waals surface area contributed by atoms with Crippen molar-refractivity contribution >= 4 is 34.5 Å². The molecule has 3 nitrogen and oxygen atoms in total. The second-order valence-electron chi connectivity index (χ2n) is 2.42. The van der Waals surface area contributed by atoms with Crippen LogP contribution in [0, 0.1) is 0 Å². The first-order valence-corrected chi connectivity index (χ1v) is 5.25. The van der Waals surface area contributed by atoms with E-state index in [1.807, 2.05) is 36.4 Å². The van der Waals surface area contributed by atoms with Crippen LogP contribution in [0.25, 0.3) is 0 Å². The minimum absolute atomic E-state index is 0.205. The standard InChI is InChI=1S/C8H13IO3/c1-3-5-7(10)12-8(11)6(9)4-2/h6H,3-5H2,1-2H3. The van der Waals surface area contributed by atoms with Gasteiger partial charge in [-0.2, -0.15) is 0 Å². The predicted molar refractivity (Wildman–Crippen MR) is 54.1 cm³/mol. The highest BCUT2D eigenvalue weighted by molar-refractivity contribution is 14.1. The van der Waals surface area contributed by atoms with E-state index in [9.17, 15) is 9.59 Å². The largest absolute Gasteiger partial charge is 0.392 e. The molecule has 0 aliphatic heterocycles. The number of carbonyl (C=O) groups is 2. The summed E-state index contributed by atoms with van der Waals surface area (Å²) in [7, 11) is 0. The molecule has 12 heavy (non-hydrogen) atoms. The Balaban J connectivity index is 3.76. The monoisotopic (exact) mass is 284 g/mol. The molecule has 0 bridgehead atoms. The van der Waals surface area contributed by atoms with Crippen molar-refractivity contribution in [3.8, 4) is 0 Å². The third-order valence-electron chi connectivity index (χ3n) is 1.28. The van der Waals surface area contributed by atoms with Crippen molar-refractivity contribution in [2.45, 2.75) is 37.0 Å². The van der Waals surface area contributed by atoms with E-state index in [0.29, 0.717) is 19.3 Å². The second-order valence-corrected chi connectivity index (χ2v) is 3.92. The van der Waals surface area contributed by atoms with E-state index in [1.165, 1.54) is 0 Å². The minimum Gasteiger partial charge on any atom is -0.392 e. The van der Waals surface area contributed by atoms with Crippen LogP contribution in [-0.4, -0.2) is 15.9 Å². The van der Waals surface area contributed by atoms with Crippen molar-refractivity contribution in [1.29, 1.82) is 0 Å². The van der Waals surface area contributed by atoms with Crippen molar-refractivity contribution in [3.63, 3.8) is 0 Å². The Hall–Kier alpha value is -0.130. The summed E-state index contributed by atoms with van der Waals surface area (Å²) in [6, 6.07) is 0. The first-order valence-electron chi connectivity index (χ1n) is 4.00. The number of halogens is 1.